The molecule has 26 heavy (non-hydrogen) atoms. The number of hydrogen-bond acceptors (Lipinski definition) is 4. The molecular weight excluding hydrogens is 351 g/mol. The minimum Gasteiger partial charge on any atom is -0.290 e. The maximum Gasteiger partial charge on any atom is 0.250 e. The first-order chi connectivity index (χ1) is 12.7. The predicted octanol–water partition coefficient (Wildman–Crippen LogP) is 4.25. The summed E-state index contributed by atoms with van der Waals surface area (Å²) in [6.07, 6.45) is 2.96. The van der Waals surface area contributed by atoms with Gasteiger partial charge < -0.3 is 0 Å². The Hall–Kier alpha value is -3.32. The molecule has 0 saturated carbocycles. The van der Waals surface area contributed by atoms with E-state index in [1.165, 1.54) is 29.5 Å². The SMILES string of the molecule is O=C(/C=C/c1ccc(F)cc1)Nc1nc2scc(-c3ccccc3)n2n1. The van der Waals surface area contributed by atoms with Crippen molar-refractivity contribution in [3.05, 3.63) is 77.4 Å². The number of carbonyl (C=O) groups is 1. The molecule has 0 aliphatic carbocycles. The second-order valence-electron chi connectivity index (χ2n) is 5.49. The first-order valence-electron chi connectivity index (χ1n) is 7.83. The van der Waals surface area contributed by atoms with Gasteiger partial charge in [-0.3, -0.25) is 10.1 Å². The number of benzene rings is 2. The van der Waals surface area contributed by atoms with Gasteiger partial charge >= 0.3 is 0 Å². The molecule has 128 valence electrons. The summed E-state index contributed by atoms with van der Waals surface area (Å²) in [6, 6.07) is 15.7. The van der Waals surface area contributed by atoms with Crippen LogP contribution in [-0.4, -0.2) is 20.5 Å². The van der Waals surface area contributed by atoms with Gasteiger partial charge in [0.2, 0.25) is 4.96 Å². The van der Waals surface area contributed by atoms with Crippen LogP contribution in [0.1, 0.15) is 5.56 Å². The zero-order valence-corrected chi connectivity index (χ0v) is 14.3. The van der Waals surface area contributed by atoms with Crippen LogP contribution >= 0.6 is 11.3 Å². The molecule has 7 heteroatoms. The molecular formula is C19H13FN4OS. The second kappa shape index (κ2) is 6.89. The van der Waals surface area contributed by atoms with Gasteiger partial charge in [-0.2, -0.15) is 4.98 Å². The summed E-state index contributed by atoms with van der Waals surface area (Å²) in [6.45, 7) is 0. The highest BCUT2D eigenvalue weighted by Gasteiger charge is 2.12. The van der Waals surface area contributed by atoms with Crippen molar-refractivity contribution in [2.75, 3.05) is 5.32 Å². The molecule has 2 heterocycles. The van der Waals surface area contributed by atoms with Crippen LogP contribution in [0, 0.1) is 5.82 Å². The van der Waals surface area contributed by atoms with Gasteiger partial charge in [-0.15, -0.1) is 16.4 Å². The lowest BCUT2D eigenvalue weighted by atomic mass is 10.2. The van der Waals surface area contributed by atoms with Crippen LogP contribution in [0.5, 0.6) is 0 Å². The van der Waals surface area contributed by atoms with Gasteiger partial charge in [-0.05, 0) is 23.8 Å². The molecule has 2 aromatic heterocycles. The molecule has 4 aromatic rings. The first-order valence-corrected chi connectivity index (χ1v) is 8.71. The van der Waals surface area contributed by atoms with Gasteiger partial charge in [0.25, 0.3) is 11.9 Å². The van der Waals surface area contributed by atoms with E-state index < -0.39 is 0 Å². The first kappa shape index (κ1) is 16.2. The normalized spacial score (nSPS) is 11.3. The van der Waals surface area contributed by atoms with E-state index >= 15 is 0 Å². The number of thiazole rings is 1. The quantitative estimate of drug-likeness (QED) is 0.551. The number of anilines is 1. The van der Waals surface area contributed by atoms with Gasteiger partial charge in [-0.1, -0.05) is 42.5 Å². The number of rotatable bonds is 4. The van der Waals surface area contributed by atoms with Crippen molar-refractivity contribution in [1.82, 2.24) is 14.6 Å². The molecule has 1 N–H and O–H groups in total. The Bertz CT molecular complexity index is 1080. The smallest absolute Gasteiger partial charge is 0.250 e. The number of nitrogens with zero attached hydrogens (tertiary/aromatic N) is 3. The second-order valence-corrected chi connectivity index (χ2v) is 6.33. The topological polar surface area (TPSA) is 59.3 Å². The van der Waals surface area contributed by atoms with Gasteiger partial charge in [0.05, 0.1) is 5.69 Å². The Labute approximate surface area is 152 Å². The average molecular weight is 364 g/mol. The molecule has 0 atom stereocenters. The number of amides is 1. The van der Waals surface area contributed by atoms with Gasteiger partial charge in [0.1, 0.15) is 5.82 Å². The monoisotopic (exact) mass is 364 g/mol. The summed E-state index contributed by atoms with van der Waals surface area (Å²) < 4.78 is 14.6. The fourth-order valence-electron chi connectivity index (χ4n) is 2.44. The Kier molecular flexibility index (Phi) is 4.28. The van der Waals surface area contributed by atoms with E-state index in [4.69, 9.17) is 0 Å². The van der Waals surface area contributed by atoms with Crippen LogP contribution in [0.2, 0.25) is 0 Å². The lowest BCUT2D eigenvalue weighted by Gasteiger charge is -1.98. The Balaban J connectivity index is 1.51. The standard InChI is InChI=1S/C19H13FN4OS/c20-15-9-6-13(7-10-15)8-11-17(25)21-18-22-19-24(23-18)16(12-26-19)14-4-2-1-3-5-14/h1-12H,(H,21,23,25)/b11-8+. The number of halogens is 1. The van der Waals surface area contributed by atoms with Crippen LogP contribution < -0.4 is 5.32 Å². The Morgan fingerprint density at radius 1 is 1.12 bits per heavy atom. The fraction of sp³-hybridized carbons (Fsp3) is 0. The molecule has 0 radical (unpaired) electrons. The maximum absolute atomic E-state index is 12.9. The molecule has 5 nitrogen and oxygen atoms in total. The summed E-state index contributed by atoms with van der Waals surface area (Å²) in [5.41, 5.74) is 2.67. The van der Waals surface area contributed by atoms with E-state index in [-0.39, 0.29) is 17.7 Å². The molecule has 4 rings (SSSR count). The highest BCUT2D eigenvalue weighted by molar-refractivity contribution is 7.15. The summed E-state index contributed by atoms with van der Waals surface area (Å²) >= 11 is 1.45. The minimum atomic E-state index is -0.353. The molecule has 0 saturated heterocycles. The zero-order chi connectivity index (χ0) is 17.9. The number of carbonyl (C=O) groups excluding carboxylic acids is 1. The minimum absolute atomic E-state index is 0.239. The molecule has 0 unspecified atom stereocenters. The van der Waals surface area contributed by atoms with Crippen molar-refractivity contribution in [2.24, 2.45) is 0 Å². The van der Waals surface area contributed by atoms with E-state index in [2.05, 4.69) is 15.4 Å². The van der Waals surface area contributed by atoms with Crippen molar-refractivity contribution in [1.29, 1.82) is 0 Å². The number of aromatic nitrogens is 3. The maximum atomic E-state index is 12.9. The third kappa shape index (κ3) is 3.38. The Morgan fingerprint density at radius 3 is 2.65 bits per heavy atom. The number of fused-ring (bicyclic) bond motifs is 1. The van der Waals surface area contributed by atoms with Crippen LogP contribution in [0.25, 0.3) is 22.3 Å². The van der Waals surface area contributed by atoms with Gasteiger partial charge in [0, 0.05) is 17.0 Å². The van der Waals surface area contributed by atoms with Crippen LogP contribution in [0.3, 0.4) is 0 Å². The Morgan fingerprint density at radius 2 is 1.88 bits per heavy atom. The molecule has 0 aliphatic heterocycles. The molecule has 1 amide bonds. The van der Waals surface area contributed by atoms with Crippen molar-refractivity contribution in [3.8, 4) is 11.3 Å². The predicted molar refractivity (Wildman–Crippen MR) is 100 cm³/mol. The van der Waals surface area contributed by atoms with Crippen molar-refractivity contribution >= 4 is 34.2 Å². The molecule has 2 aromatic carbocycles. The van der Waals surface area contributed by atoms with Crippen molar-refractivity contribution in [3.63, 3.8) is 0 Å². The summed E-state index contributed by atoms with van der Waals surface area (Å²) in [4.78, 5) is 17.1. The zero-order valence-electron chi connectivity index (χ0n) is 13.5. The summed E-state index contributed by atoms with van der Waals surface area (Å²) in [5.74, 6) is -0.431. The number of hydrogen-bond donors (Lipinski definition) is 1. The van der Waals surface area contributed by atoms with Crippen LogP contribution in [-0.2, 0) is 4.79 Å². The average Bonchev–Trinajstić information content (AvgIpc) is 3.22. The van der Waals surface area contributed by atoms with Crippen LogP contribution in [0.15, 0.2) is 66.1 Å². The highest BCUT2D eigenvalue weighted by Crippen LogP contribution is 2.25. The van der Waals surface area contributed by atoms with E-state index in [0.717, 1.165) is 16.8 Å². The van der Waals surface area contributed by atoms with E-state index in [9.17, 15) is 9.18 Å². The lowest BCUT2D eigenvalue weighted by molar-refractivity contribution is -0.111. The third-order valence-corrected chi connectivity index (χ3v) is 4.50. The molecule has 0 fully saturated rings. The van der Waals surface area contributed by atoms with Gasteiger partial charge in [0.15, 0.2) is 0 Å². The van der Waals surface area contributed by atoms with E-state index in [1.54, 1.807) is 22.7 Å². The molecule has 0 aliphatic rings. The highest BCUT2D eigenvalue weighted by atomic mass is 32.1. The lowest BCUT2D eigenvalue weighted by Crippen LogP contribution is -2.09. The number of nitrogens with one attached hydrogen (secondary N) is 1. The van der Waals surface area contributed by atoms with Crippen molar-refractivity contribution < 1.29 is 9.18 Å². The van der Waals surface area contributed by atoms with E-state index in [1.807, 2.05) is 35.7 Å². The molecule has 0 spiro atoms. The largest absolute Gasteiger partial charge is 0.290 e. The summed E-state index contributed by atoms with van der Waals surface area (Å²) in [7, 11) is 0. The van der Waals surface area contributed by atoms with Crippen LogP contribution in [0.4, 0.5) is 10.3 Å². The van der Waals surface area contributed by atoms with Gasteiger partial charge in [-0.25, -0.2) is 8.91 Å². The summed E-state index contributed by atoms with van der Waals surface area (Å²) in [5, 5.41) is 8.97. The van der Waals surface area contributed by atoms with Crippen molar-refractivity contribution in [2.45, 2.75) is 0 Å². The fourth-order valence-corrected chi connectivity index (χ4v) is 3.27. The molecule has 0 bridgehead atoms. The third-order valence-electron chi connectivity index (χ3n) is 3.68. The van der Waals surface area contributed by atoms with E-state index in [0.29, 0.717) is 4.96 Å².